The molecule has 0 aliphatic heterocycles. The van der Waals surface area contributed by atoms with Gasteiger partial charge in [-0.2, -0.15) is 20.0 Å². The molecule has 8 heteroatoms. The number of nitrogens with zero attached hydrogens (tertiary/aromatic N) is 5. The molecule has 1 aromatic heterocycles. The van der Waals surface area contributed by atoms with Crippen molar-refractivity contribution in [3.63, 3.8) is 0 Å². The molecule has 0 amide bonds. The van der Waals surface area contributed by atoms with E-state index in [9.17, 15) is 0 Å². The summed E-state index contributed by atoms with van der Waals surface area (Å²) in [5.41, 5.74) is 18.0. The van der Waals surface area contributed by atoms with Crippen LogP contribution in [0.4, 0.5) is 5.69 Å². The van der Waals surface area contributed by atoms with E-state index in [4.69, 9.17) is 17.2 Å². The molecule has 1 heterocycles. The van der Waals surface area contributed by atoms with Gasteiger partial charge in [-0.15, -0.1) is 0 Å². The Morgan fingerprint density at radius 1 is 1.18 bits per heavy atom. The van der Waals surface area contributed by atoms with Gasteiger partial charge in [-0.25, -0.2) is 4.99 Å². The molecule has 17 heavy (non-hydrogen) atoms. The molecule has 0 aliphatic rings. The lowest BCUT2D eigenvalue weighted by molar-refractivity contribution is 0.665. The lowest BCUT2D eigenvalue weighted by atomic mass is 10.3. The quantitative estimate of drug-likeness (QED) is 0.436. The molecule has 0 spiro atoms. The van der Waals surface area contributed by atoms with E-state index in [-0.39, 0.29) is 11.9 Å². The number of benzene rings is 1. The number of aryl methyl sites for hydroxylation is 1. The Labute approximate surface area is 96.8 Å². The van der Waals surface area contributed by atoms with Crippen molar-refractivity contribution in [2.24, 2.45) is 34.2 Å². The second-order valence-corrected chi connectivity index (χ2v) is 3.37. The van der Waals surface area contributed by atoms with Crippen LogP contribution in [0.15, 0.2) is 28.2 Å². The molecule has 0 fully saturated rings. The van der Waals surface area contributed by atoms with Crippen molar-refractivity contribution in [1.82, 2.24) is 15.0 Å². The lowest BCUT2D eigenvalue weighted by Crippen LogP contribution is -2.26. The minimum atomic E-state index is -0.133. The van der Waals surface area contributed by atoms with Crippen LogP contribution in [0, 0.1) is 0 Å². The van der Waals surface area contributed by atoms with Gasteiger partial charge in [0, 0.05) is 7.05 Å². The van der Waals surface area contributed by atoms with E-state index >= 15 is 0 Å². The third kappa shape index (κ3) is 2.48. The number of hydrogen-bond donors (Lipinski definition) is 3. The third-order valence-electron chi connectivity index (χ3n) is 1.95. The van der Waals surface area contributed by atoms with Crippen molar-refractivity contribution in [2.75, 3.05) is 0 Å². The fourth-order valence-electron chi connectivity index (χ4n) is 1.37. The van der Waals surface area contributed by atoms with Crippen molar-refractivity contribution in [1.29, 1.82) is 0 Å². The van der Waals surface area contributed by atoms with Gasteiger partial charge in [0.1, 0.15) is 11.0 Å². The van der Waals surface area contributed by atoms with E-state index in [1.54, 1.807) is 25.2 Å². The number of aliphatic imine (C=N–C) groups is 2. The average Bonchev–Trinajstić information content (AvgIpc) is 2.55. The fourth-order valence-corrected chi connectivity index (χ4v) is 1.37. The first kappa shape index (κ1) is 10.9. The Hall–Kier alpha value is -2.64. The molecule has 2 aromatic rings. The van der Waals surface area contributed by atoms with Crippen LogP contribution in [0.2, 0.25) is 0 Å². The Bertz CT molecular complexity index is 604. The summed E-state index contributed by atoms with van der Waals surface area (Å²) in [6.45, 7) is 0. The largest absolute Gasteiger partial charge is 0.370 e. The van der Waals surface area contributed by atoms with Gasteiger partial charge in [-0.1, -0.05) is 0 Å². The predicted molar refractivity (Wildman–Crippen MR) is 65.6 cm³/mol. The van der Waals surface area contributed by atoms with Gasteiger partial charge in [0.05, 0.1) is 5.69 Å². The summed E-state index contributed by atoms with van der Waals surface area (Å²) in [6.07, 6.45) is 0. The van der Waals surface area contributed by atoms with Gasteiger partial charge >= 0.3 is 0 Å². The number of hydrogen-bond acceptors (Lipinski definition) is 3. The van der Waals surface area contributed by atoms with Gasteiger partial charge in [0.2, 0.25) is 5.96 Å². The molecule has 0 radical (unpaired) electrons. The fraction of sp³-hybridized carbons (Fsp3) is 0.111. The monoisotopic (exact) mass is 232 g/mol. The van der Waals surface area contributed by atoms with Crippen LogP contribution in [-0.4, -0.2) is 26.9 Å². The van der Waals surface area contributed by atoms with Crippen LogP contribution < -0.4 is 17.2 Å². The van der Waals surface area contributed by atoms with Crippen molar-refractivity contribution in [3.05, 3.63) is 18.2 Å². The van der Waals surface area contributed by atoms with Crippen LogP contribution in [0.25, 0.3) is 11.0 Å². The molecule has 0 atom stereocenters. The molecular weight excluding hydrogens is 220 g/mol. The van der Waals surface area contributed by atoms with Crippen LogP contribution in [0.1, 0.15) is 0 Å². The topological polar surface area (TPSA) is 133 Å². The molecule has 0 bridgehead atoms. The summed E-state index contributed by atoms with van der Waals surface area (Å²) in [7, 11) is 1.75. The Balaban J connectivity index is 2.39. The Morgan fingerprint density at radius 2 is 1.88 bits per heavy atom. The van der Waals surface area contributed by atoms with E-state index < -0.39 is 0 Å². The number of rotatable bonds is 1. The molecule has 0 unspecified atom stereocenters. The van der Waals surface area contributed by atoms with Gasteiger partial charge in [-0.05, 0) is 18.2 Å². The Morgan fingerprint density at radius 3 is 2.59 bits per heavy atom. The van der Waals surface area contributed by atoms with E-state index in [2.05, 4.69) is 20.2 Å². The first-order chi connectivity index (χ1) is 8.04. The standard InChI is InChI=1S/C9H12N8/c1-17-15-6-3-2-5(4-7(6)16-17)13-9(12)14-8(10)11/h2-4H,1H3,(H6,10,11,12,13,14). The zero-order chi connectivity index (χ0) is 12.4. The maximum Gasteiger partial charge on any atom is 0.223 e. The highest BCUT2D eigenvalue weighted by molar-refractivity contribution is 5.94. The van der Waals surface area contributed by atoms with Crippen molar-refractivity contribution < 1.29 is 0 Å². The Kier molecular flexibility index (Phi) is 2.61. The maximum atomic E-state index is 5.52. The summed E-state index contributed by atoms with van der Waals surface area (Å²) in [5, 5.41) is 8.29. The molecule has 88 valence electrons. The summed E-state index contributed by atoms with van der Waals surface area (Å²) in [6, 6.07) is 5.30. The summed E-state index contributed by atoms with van der Waals surface area (Å²) >= 11 is 0. The second kappa shape index (κ2) is 4.08. The van der Waals surface area contributed by atoms with Gasteiger partial charge in [-0.3, -0.25) is 0 Å². The molecule has 0 saturated heterocycles. The molecule has 0 saturated carbocycles. The highest BCUT2D eigenvalue weighted by atomic mass is 15.4. The van der Waals surface area contributed by atoms with Crippen LogP contribution >= 0.6 is 0 Å². The van der Waals surface area contributed by atoms with E-state index in [1.165, 1.54) is 4.80 Å². The zero-order valence-electron chi connectivity index (χ0n) is 9.20. The predicted octanol–water partition coefficient (Wildman–Crippen LogP) is -0.812. The summed E-state index contributed by atoms with van der Waals surface area (Å²) in [4.78, 5) is 9.13. The van der Waals surface area contributed by atoms with Crippen molar-refractivity contribution >= 4 is 28.6 Å². The van der Waals surface area contributed by atoms with Crippen LogP contribution in [-0.2, 0) is 7.05 Å². The van der Waals surface area contributed by atoms with Crippen LogP contribution in [0.3, 0.4) is 0 Å². The first-order valence-corrected chi connectivity index (χ1v) is 4.79. The lowest BCUT2D eigenvalue weighted by Gasteiger charge is -1.95. The minimum Gasteiger partial charge on any atom is -0.370 e. The van der Waals surface area contributed by atoms with Gasteiger partial charge in [0.15, 0.2) is 5.96 Å². The van der Waals surface area contributed by atoms with Crippen molar-refractivity contribution in [3.8, 4) is 0 Å². The number of nitrogens with two attached hydrogens (primary N) is 3. The minimum absolute atomic E-state index is 0.00626. The highest BCUT2D eigenvalue weighted by Gasteiger charge is 2.01. The van der Waals surface area contributed by atoms with E-state index in [0.717, 1.165) is 11.0 Å². The molecule has 0 aliphatic carbocycles. The zero-order valence-corrected chi connectivity index (χ0v) is 9.20. The average molecular weight is 232 g/mol. The molecule has 1 aromatic carbocycles. The SMILES string of the molecule is Cn1nc2ccc(N=C(N)N=C(N)N)cc2n1. The molecule has 6 N–H and O–H groups in total. The van der Waals surface area contributed by atoms with Gasteiger partial charge in [0.25, 0.3) is 0 Å². The summed E-state index contributed by atoms with van der Waals surface area (Å²) < 4.78 is 0. The van der Waals surface area contributed by atoms with Crippen molar-refractivity contribution in [2.45, 2.75) is 0 Å². The third-order valence-corrected chi connectivity index (χ3v) is 1.95. The molecular formula is C9H12N8. The first-order valence-electron chi connectivity index (χ1n) is 4.79. The molecule has 2 rings (SSSR count). The second-order valence-electron chi connectivity index (χ2n) is 3.37. The van der Waals surface area contributed by atoms with E-state index in [0.29, 0.717) is 5.69 Å². The maximum absolute atomic E-state index is 5.52. The number of fused-ring (bicyclic) bond motifs is 1. The van der Waals surface area contributed by atoms with Gasteiger partial charge < -0.3 is 17.2 Å². The normalized spacial score (nSPS) is 11.7. The van der Waals surface area contributed by atoms with Crippen LogP contribution in [0.5, 0.6) is 0 Å². The van der Waals surface area contributed by atoms with E-state index in [1.807, 2.05) is 0 Å². The number of aromatic nitrogens is 3. The number of guanidine groups is 2. The summed E-state index contributed by atoms with van der Waals surface area (Å²) in [5.74, 6) is -0.139. The smallest absolute Gasteiger partial charge is 0.223 e. The highest BCUT2D eigenvalue weighted by Crippen LogP contribution is 2.17. The molecule has 8 nitrogen and oxygen atoms in total.